The van der Waals surface area contributed by atoms with Gasteiger partial charge in [-0.15, -0.1) is 0 Å². The first-order valence-corrected chi connectivity index (χ1v) is 8.72. The lowest BCUT2D eigenvalue weighted by Crippen LogP contribution is -2.37. The summed E-state index contributed by atoms with van der Waals surface area (Å²) >= 11 is 0. The van der Waals surface area contributed by atoms with E-state index in [1.807, 2.05) is 0 Å². The number of halogens is 2. The van der Waals surface area contributed by atoms with Gasteiger partial charge in [0.2, 0.25) is 10.0 Å². The summed E-state index contributed by atoms with van der Waals surface area (Å²) in [7, 11) is -3.06. The Kier molecular flexibility index (Phi) is 4.61. The zero-order valence-electron chi connectivity index (χ0n) is 12.8. The molecule has 3 rings (SSSR count). The number of H-pyrrole nitrogens is 1. The van der Waals surface area contributed by atoms with Crippen molar-refractivity contribution in [2.45, 2.75) is 23.3 Å². The van der Waals surface area contributed by atoms with Crippen LogP contribution in [0.2, 0.25) is 0 Å². The van der Waals surface area contributed by atoms with E-state index in [2.05, 4.69) is 15.2 Å². The average Bonchev–Trinajstić information content (AvgIpc) is 3.17. The highest BCUT2D eigenvalue weighted by Gasteiger charge is 2.36. The first kappa shape index (κ1) is 16.9. The Morgan fingerprint density at radius 3 is 2.71 bits per heavy atom. The molecule has 0 radical (unpaired) electrons. The van der Waals surface area contributed by atoms with Crippen LogP contribution in [0, 0.1) is 11.6 Å². The number of ether oxygens (including phenoxy) is 1. The Hall–Kier alpha value is -1.91. The summed E-state index contributed by atoms with van der Waals surface area (Å²) in [6.45, 7) is 0.388. The largest absolute Gasteiger partial charge is 0.376 e. The Balaban J connectivity index is 1.82. The van der Waals surface area contributed by atoms with E-state index < -0.39 is 32.7 Å². The first-order chi connectivity index (χ1) is 11.4. The van der Waals surface area contributed by atoms with E-state index in [4.69, 9.17) is 4.74 Å². The molecule has 1 aromatic carbocycles. The fraction of sp³-hybridized carbons (Fsp3) is 0.429. The standard InChI is InChI=1S/C14H16F2N4O3S/c1-20(24(21,22)13-10(15)3-2-4-11(13)16)7-12-9(5-6-23-12)14-17-8-18-19-14/h2-4,8-9,12H,5-7H2,1H3,(H,17,18,19)/t9-,12-/m1/s1. The summed E-state index contributed by atoms with van der Waals surface area (Å²) in [4.78, 5) is 3.11. The zero-order valence-corrected chi connectivity index (χ0v) is 13.6. The van der Waals surface area contributed by atoms with Gasteiger partial charge in [-0.25, -0.2) is 22.2 Å². The van der Waals surface area contributed by atoms with Crippen LogP contribution in [-0.2, 0) is 14.8 Å². The Labute approximate surface area is 137 Å². The SMILES string of the molecule is CN(C[C@H]1OCC[C@H]1c1ncn[nH]1)S(=O)(=O)c1c(F)cccc1F. The minimum atomic E-state index is -4.32. The minimum Gasteiger partial charge on any atom is -0.376 e. The minimum absolute atomic E-state index is 0.0541. The summed E-state index contributed by atoms with van der Waals surface area (Å²) in [5, 5.41) is 6.52. The van der Waals surface area contributed by atoms with Crippen molar-refractivity contribution >= 4 is 10.0 Å². The fourth-order valence-electron chi connectivity index (χ4n) is 2.77. The van der Waals surface area contributed by atoms with Crippen LogP contribution < -0.4 is 0 Å². The van der Waals surface area contributed by atoms with Crippen molar-refractivity contribution in [2.24, 2.45) is 0 Å². The van der Waals surface area contributed by atoms with E-state index in [0.717, 1.165) is 22.5 Å². The Morgan fingerprint density at radius 2 is 2.08 bits per heavy atom. The van der Waals surface area contributed by atoms with Gasteiger partial charge in [-0.2, -0.15) is 9.40 Å². The van der Waals surface area contributed by atoms with Crippen molar-refractivity contribution in [2.75, 3.05) is 20.2 Å². The Bertz CT molecular complexity index is 793. The molecule has 1 saturated heterocycles. The highest BCUT2D eigenvalue weighted by molar-refractivity contribution is 7.89. The third kappa shape index (κ3) is 3.04. The van der Waals surface area contributed by atoms with Gasteiger partial charge >= 0.3 is 0 Å². The number of aromatic amines is 1. The van der Waals surface area contributed by atoms with E-state index in [9.17, 15) is 17.2 Å². The molecule has 0 aliphatic carbocycles. The first-order valence-electron chi connectivity index (χ1n) is 7.28. The summed E-state index contributed by atoms with van der Waals surface area (Å²) in [6, 6.07) is 2.93. The molecule has 130 valence electrons. The average molecular weight is 358 g/mol. The van der Waals surface area contributed by atoms with Gasteiger partial charge in [0.05, 0.1) is 6.10 Å². The number of nitrogens with one attached hydrogen (secondary N) is 1. The number of hydrogen-bond donors (Lipinski definition) is 1. The quantitative estimate of drug-likeness (QED) is 0.870. The molecule has 0 saturated carbocycles. The molecule has 1 fully saturated rings. The third-order valence-corrected chi connectivity index (χ3v) is 5.89. The maximum absolute atomic E-state index is 13.8. The molecular formula is C14H16F2N4O3S. The molecule has 2 heterocycles. The van der Waals surface area contributed by atoms with Gasteiger partial charge < -0.3 is 4.74 Å². The van der Waals surface area contributed by atoms with Gasteiger partial charge in [0.15, 0.2) is 4.90 Å². The molecule has 1 aromatic heterocycles. The third-order valence-electron chi connectivity index (χ3n) is 4.02. The highest BCUT2D eigenvalue weighted by Crippen LogP contribution is 2.30. The molecule has 2 atom stereocenters. The lowest BCUT2D eigenvalue weighted by atomic mass is 10.0. The predicted molar refractivity (Wildman–Crippen MR) is 79.7 cm³/mol. The van der Waals surface area contributed by atoms with Crippen molar-refractivity contribution in [3.8, 4) is 0 Å². The molecular weight excluding hydrogens is 342 g/mol. The van der Waals surface area contributed by atoms with Crippen molar-refractivity contribution in [1.82, 2.24) is 19.5 Å². The summed E-state index contributed by atoms with van der Waals surface area (Å²) < 4.78 is 59.1. The number of rotatable bonds is 5. The normalized spacial score (nSPS) is 21.5. The molecule has 2 aromatic rings. The van der Waals surface area contributed by atoms with E-state index in [0.29, 0.717) is 18.9 Å². The zero-order chi connectivity index (χ0) is 17.3. The van der Waals surface area contributed by atoms with Gasteiger partial charge in [-0.05, 0) is 18.6 Å². The lowest BCUT2D eigenvalue weighted by molar-refractivity contribution is 0.0893. The van der Waals surface area contributed by atoms with E-state index in [1.165, 1.54) is 13.4 Å². The number of likely N-dealkylation sites (N-methyl/N-ethyl adjacent to an activating group) is 1. The predicted octanol–water partition coefficient (Wildman–Crippen LogP) is 1.28. The molecule has 0 amide bonds. The smallest absolute Gasteiger partial charge is 0.248 e. The van der Waals surface area contributed by atoms with Crippen LogP contribution in [0.1, 0.15) is 18.2 Å². The van der Waals surface area contributed by atoms with Crippen molar-refractivity contribution in [3.05, 3.63) is 42.0 Å². The van der Waals surface area contributed by atoms with E-state index in [1.54, 1.807) is 0 Å². The van der Waals surface area contributed by atoms with Crippen molar-refractivity contribution < 1.29 is 21.9 Å². The molecule has 7 nitrogen and oxygen atoms in total. The van der Waals surface area contributed by atoms with Crippen LogP contribution in [0.25, 0.3) is 0 Å². The summed E-state index contributed by atoms with van der Waals surface area (Å²) in [5.74, 6) is -1.81. The number of nitrogens with zero attached hydrogens (tertiary/aromatic N) is 3. The monoisotopic (exact) mass is 358 g/mol. The molecule has 1 aliphatic heterocycles. The van der Waals surface area contributed by atoms with Gasteiger partial charge in [-0.3, -0.25) is 5.10 Å². The van der Waals surface area contributed by atoms with Crippen molar-refractivity contribution in [3.63, 3.8) is 0 Å². The second-order valence-corrected chi connectivity index (χ2v) is 7.49. The second-order valence-electron chi connectivity index (χ2n) is 5.51. The van der Waals surface area contributed by atoms with Crippen LogP contribution in [-0.4, -0.2) is 54.2 Å². The molecule has 10 heteroatoms. The van der Waals surface area contributed by atoms with Crippen molar-refractivity contribution in [1.29, 1.82) is 0 Å². The molecule has 0 spiro atoms. The molecule has 1 aliphatic rings. The second kappa shape index (κ2) is 6.54. The number of sulfonamides is 1. The van der Waals surface area contributed by atoms with Crippen LogP contribution >= 0.6 is 0 Å². The maximum Gasteiger partial charge on any atom is 0.248 e. The lowest BCUT2D eigenvalue weighted by Gasteiger charge is -2.23. The van der Waals surface area contributed by atoms with Crippen LogP contribution in [0.5, 0.6) is 0 Å². The Morgan fingerprint density at radius 1 is 1.38 bits per heavy atom. The van der Waals surface area contributed by atoms with Gasteiger partial charge in [0.1, 0.15) is 23.8 Å². The van der Waals surface area contributed by atoms with Gasteiger partial charge in [0, 0.05) is 26.1 Å². The van der Waals surface area contributed by atoms with Gasteiger partial charge in [0.25, 0.3) is 0 Å². The van der Waals surface area contributed by atoms with Crippen LogP contribution in [0.4, 0.5) is 8.78 Å². The van der Waals surface area contributed by atoms with Crippen LogP contribution in [0.15, 0.2) is 29.4 Å². The molecule has 1 N–H and O–H groups in total. The van der Waals surface area contributed by atoms with E-state index >= 15 is 0 Å². The van der Waals surface area contributed by atoms with Crippen LogP contribution in [0.3, 0.4) is 0 Å². The molecule has 0 bridgehead atoms. The fourth-order valence-corrected chi connectivity index (χ4v) is 4.05. The van der Waals surface area contributed by atoms with Gasteiger partial charge in [-0.1, -0.05) is 6.07 Å². The summed E-state index contributed by atoms with van der Waals surface area (Å²) in [6.07, 6.45) is 1.54. The number of benzene rings is 1. The summed E-state index contributed by atoms with van der Waals surface area (Å²) in [5.41, 5.74) is 0. The van der Waals surface area contributed by atoms with E-state index in [-0.39, 0.29) is 12.5 Å². The molecule has 0 unspecified atom stereocenters. The molecule has 24 heavy (non-hydrogen) atoms. The maximum atomic E-state index is 13.8. The topological polar surface area (TPSA) is 88.2 Å². The number of aromatic nitrogens is 3. The highest BCUT2D eigenvalue weighted by atomic mass is 32.2. The number of hydrogen-bond acceptors (Lipinski definition) is 5.